The van der Waals surface area contributed by atoms with Crippen molar-refractivity contribution < 1.29 is 5.11 Å². The van der Waals surface area contributed by atoms with Gasteiger partial charge in [-0.05, 0) is 50.2 Å². The predicted molar refractivity (Wildman–Crippen MR) is 65.4 cm³/mol. The van der Waals surface area contributed by atoms with E-state index in [2.05, 4.69) is 17.3 Å². The highest BCUT2D eigenvalue weighted by Crippen LogP contribution is 2.13. The van der Waals surface area contributed by atoms with Gasteiger partial charge in [0.15, 0.2) is 0 Å². The molecule has 3 heteroatoms. The summed E-state index contributed by atoms with van der Waals surface area (Å²) in [6.45, 7) is 4.42. The smallest absolute Gasteiger partial charge is 0.115 e. The minimum absolute atomic E-state index is 0.334. The molecule has 0 aliphatic carbocycles. The molecule has 0 amide bonds. The van der Waals surface area contributed by atoms with Crippen molar-refractivity contribution >= 4 is 0 Å². The third-order valence-corrected chi connectivity index (χ3v) is 3.19. The molecule has 0 bridgehead atoms. The Balaban J connectivity index is 1.70. The first-order chi connectivity index (χ1) is 7.74. The van der Waals surface area contributed by atoms with Crippen molar-refractivity contribution in [3.05, 3.63) is 29.8 Å². The molecule has 0 spiro atoms. The van der Waals surface area contributed by atoms with Crippen molar-refractivity contribution in [2.75, 3.05) is 26.7 Å². The van der Waals surface area contributed by atoms with E-state index < -0.39 is 0 Å². The number of rotatable bonds is 4. The van der Waals surface area contributed by atoms with E-state index in [1.165, 1.54) is 25.1 Å². The summed E-state index contributed by atoms with van der Waals surface area (Å²) in [6, 6.07) is 7.40. The number of phenolic OH excluding ortho intramolecular Hbond substituents is 1. The zero-order valence-electron chi connectivity index (χ0n) is 9.82. The van der Waals surface area contributed by atoms with Gasteiger partial charge in [-0.15, -0.1) is 0 Å². The third-order valence-electron chi connectivity index (χ3n) is 3.19. The number of phenols is 1. The van der Waals surface area contributed by atoms with Crippen LogP contribution in [0.4, 0.5) is 0 Å². The minimum Gasteiger partial charge on any atom is -0.508 e. The average Bonchev–Trinajstić information content (AvgIpc) is 2.67. The standard InChI is InChI=1S/C13H20N2O/c1-15-7-6-12(10-15)9-14-8-11-2-4-13(16)5-3-11/h2-5,12,14,16H,6-10H2,1H3. The van der Waals surface area contributed by atoms with E-state index in [0.29, 0.717) is 5.75 Å². The largest absolute Gasteiger partial charge is 0.508 e. The van der Waals surface area contributed by atoms with Gasteiger partial charge >= 0.3 is 0 Å². The van der Waals surface area contributed by atoms with E-state index in [-0.39, 0.29) is 0 Å². The SMILES string of the molecule is CN1CCC(CNCc2ccc(O)cc2)C1. The second-order valence-electron chi connectivity index (χ2n) is 4.71. The number of hydrogen-bond acceptors (Lipinski definition) is 3. The molecule has 88 valence electrons. The lowest BCUT2D eigenvalue weighted by Gasteiger charge is -2.11. The number of benzene rings is 1. The zero-order valence-corrected chi connectivity index (χ0v) is 9.82. The van der Waals surface area contributed by atoms with Crippen LogP contribution in [0.3, 0.4) is 0 Å². The minimum atomic E-state index is 0.334. The highest BCUT2D eigenvalue weighted by molar-refractivity contribution is 5.25. The van der Waals surface area contributed by atoms with Crippen molar-refractivity contribution in [1.29, 1.82) is 0 Å². The topological polar surface area (TPSA) is 35.5 Å². The van der Waals surface area contributed by atoms with Crippen LogP contribution < -0.4 is 5.32 Å². The fourth-order valence-electron chi connectivity index (χ4n) is 2.23. The van der Waals surface area contributed by atoms with Crippen molar-refractivity contribution in [3.8, 4) is 5.75 Å². The van der Waals surface area contributed by atoms with Gasteiger partial charge in [0.25, 0.3) is 0 Å². The second kappa shape index (κ2) is 5.32. The van der Waals surface area contributed by atoms with Gasteiger partial charge in [0.2, 0.25) is 0 Å². The van der Waals surface area contributed by atoms with Gasteiger partial charge in [0.05, 0.1) is 0 Å². The van der Waals surface area contributed by atoms with Gasteiger partial charge in [-0.25, -0.2) is 0 Å². The summed E-state index contributed by atoms with van der Waals surface area (Å²) in [5, 5.41) is 12.6. The Morgan fingerprint density at radius 1 is 1.38 bits per heavy atom. The van der Waals surface area contributed by atoms with Crippen LogP contribution in [0.2, 0.25) is 0 Å². The summed E-state index contributed by atoms with van der Waals surface area (Å²) < 4.78 is 0. The molecule has 3 nitrogen and oxygen atoms in total. The summed E-state index contributed by atoms with van der Waals surface area (Å²) in [5.74, 6) is 1.13. The summed E-state index contributed by atoms with van der Waals surface area (Å²) in [7, 11) is 2.18. The van der Waals surface area contributed by atoms with Crippen molar-refractivity contribution in [2.45, 2.75) is 13.0 Å². The van der Waals surface area contributed by atoms with Crippen LogP contribution >= 0.6 is 0 Å². The first-order valence-electron chi connectivity index (χ1n) is 5.91. The Kier molecular flexibility index (Phi) is 3.80. The van der Waals surface area contributed by atoms with Gasteiger partial charge in [0, 0.05) is 13.1 Å². The monoisotopic (exact) mass is 220 g/mol. The number of hydrogen-bond donors (Lipinski definition) is 2. The van der Waals surface area contributed by atoms with Crippen LogP contribution in [0.5, 0.6) is 5.75 Å². The molecule has 1 atom stereocenters. The molecule has 1 aliphatic heterocycles. The molecular weight excluding hydrogens is 200 g/mol. The molecule has 1 aliphatic rings. The van der Waals surface area contributed by atoms with Crippen LogP contribution in [0.25, 0.3) is 0 Å². The fraction of sp³-hybridized carbons (Fsp3) is 0.538. The van der Waals surface area contributed by atoms with E-state index >= 15 is 0 Å². The maximum Gasteiger partial charge on any atom is 0.115 e. The Bertz CT molecular complexity index is 323. The van der Waals surface area contributed by atoms with Crippen LogP contribution in [-0.4, -0.2) is 36.7 Å². The Hall–Kier alpha value is -1.06. The molecule has 1 fully saturated rings. The Morgan fingerprint density at radius 2 is 2.12 bits per heavy atom. The second-order valence-corrected chi connectivity index (χ2v) is 4.71. The van der Waals surface area contributed by atoms with Crippen molar-refractivity contribution in [3.63, 3.8) is 0 Å². The van der Waals surface area contributed by atoms with Crippen LogP contribution in [0, 0.1) is 5.92 Å². The van der Waals surface area contributed by atoms with Crippen molar-refractivity contribution in [1.82, 2.24) is 10.2 Å². The predicted octanol–water partition coefficient (Wildman–Crippen LogP) is 1.43. The van der Waals surface area contributed by atoms with Crippen molar-refractivity contribution in [2.24, 2.45) is 5.92 Å². The lowest BCUT2D eigenvalue weighted by atomic mass is 10.1. The number of nitrogens with one attached hydrogen (secondary N) is 1. The van der Waals surface area contributed by atoms with Gasteiger partial charge < -0.3 is 15.3 Å². The maximum absolute atomic E-state index is 9.16. The van der Waals surface area contributed by atoms with E-state index in [1.54, 1.807) is 12.1 Å². The molecule has 0 aromatic heterocycles. The number of likely N-dealkylation sites (tertiary alicyclic amines) is 1. The van der Waals surface area contributed by atoms with E-state index in [4.69, 9.17) is 5.11 Å². The molecule has 16 heavy (non-hydrogen) atoms. The molecular formula is C13H20N2O. The zero-order chi connectivity index (χ0) is 11.4. The maximum atomic E-state index is 9.16. The van der Waals surface area contributed by atoms with E-state index in [9.17, 15) is 0 Å². The molecule has 2 rings (SSSR count). The Labute approximate surface area is 97.1 Å². The van der Waals surface area contributed by atoms with Gasteiger partial charge in [0.1, 0.15) is 5.75 Å². The summed E-state index contributed by atoms with van der Waals surface area (Å²) in [5.41, 5.74) is 1.23. The fourth-order valence-corrected chi connectivity index (χ4v) is 2.23. The molecule has 1 aromatic rings. The number of aromatic hydroxyl groups is 1. The Morgan fingerprint density at radius 3 is 2.75 bits per heavy atom. The summed E-state index contributed by atoms with van der Waals surface area (Å²) in [4.78, 5) is 2.38. The van der Waals surface area contributed by atoms with E-state index in [1.807, 2.05) is 12.1 Å². The van der Waals surface area contributed by atoms with Crippen LogP contribution in [-0.2, 0) is 6.54 Å². The third kappa shape index (κ3) is 3.22. The van der Waals surface area contributed by atoms with Crippen LogP contribution in [0.15, 0.2) is 24.3 Å². The molecule has 1 saturated heterocycles. The molecule has 1 aromatic carbocycles. The first-order valence-corrected chi connectivity index (χ1v) is 5.91. The highest BCUT2D eigenvalue weighted by atomic mass is 16.3. The van der Waals surface area contributed by atoms with Gasteiger partial charge in [-0.1, -0.05) is 12.1 Å². The van der Waals surface area contributed by atoms with Gasteiger partial charge in [-0.3, -0.25) is 0 Å². The lowest BCUT2D eigenvalue weighted by molar-refractivity contribution is 0.388. The molecule has 1 unspecified atom stereocenters. The van der Waals surface area contributed by atoms with Crippen LogP contribution in [0.1, 0.15) is 12.0 Å². The molecule has 0 saturated carbocycles. The first kappa shape index (κ1) is 11.4. The number of nitrogens with zero attached hydrogens (tertiary/aromatic N) is 1. The van der Waals surface area contributed by atoms with Gasteiger partial charge in [-0.2, -0.15) is 0 Å². The lowest BCUT2D eigenvalue weighted by Crippen LogP contribution is -2.24. The quantitative estimate of drug-likeness (QED) is 0.806. The molecule has 2 N–H and O–H groups in total. The molecule has 1 heterocycles. The summed E-state index contributed by atoms with van der Waals surface area (Å²) in [6.07, 6.45) is 1.30. The average molecular weight is 220 g/mol. The highest BCUT2D eigenvalue weighted by Gasteiger charge is 2.18. The molecule has 0 radical (unpaired) electrons. The summed E-state index contributed by atoms with van der Waals surface area (Å²) >= 11 is 0. The van der Waals surface area contributed by atoms with E-state index in [0.717, 1.165) is 19.0 Å². The normalized spacial score (nSPS) is 21.4.